The van der Waals surface area contributed by atoms with Gasteiger partial charge in [-0.25, -0.2) is 4.39 Å². The standard InChI is InChI=1S/C14H20FNO2/c1-10(2)6-7-16-14(17)9-18-12-4-5-13(15)11(3)8-12/h4-5,8,10H,6-7,9H2,1-3H3,(H,16,17). The lowest BCUT2D eigenvalue weighted by atomic mass is 10.1. The van der Waals surface area contributed by atoms with E-state index in [2.05, 4.69) is 19.2 Å². The summed E-state index contributed by atoms with van der Waals surface area (Å²) in [7, 11) is 0. The van der Waals surface area contributed by atoms with Gasteiger partial charge in [0.2, 0.25) is 0 Å². The summed E-state index contributed by atoms with van der Waals surface area (Å²) < 4.78 is 18.3. The van der Waals surface area contributed by atoms with Crippen LogP contribution in [-0.4, -0.2) is 19.1 Å². The number of hydrogen-bond donors (Lipinski definition) is 1. The van der Waals surface area contributed by atoms with Crippen LogP contribution in [0.15, 0.2) is 18.2 Å². The number of benzene rings is 1. The largest absolute Gasteiger partial charge is 0.484 e. The van der Waals surface area contributed by atoms with E-state index in [1.54, 1.807) is 13.0 Å². The van der Waals surface area contributed by atoms with Gasteiger partial charge in [-0.2, -0.15) is 0 Å². The minimum Gasteiger partial charge on any atom is -0.484 e. The van der Waals surface area contributed by atoms with E-state index in [1.807, 2.05) is 0 Å². The zero-order valence-corrected chi connectivity index (χ0v) is 11.1. The van der Waals surface area contributed by atoms with E-state index in [0.29, 0.717) is 23.8 Å². The van der Waals surface area contributed by atoms with Gasteiger partial charge in [0.25, 0.3) is 5.91 Å². The summed E-state index contributed by atoms with van der Waals surface area (Å²) in [6.07, 6.45) is 0.946. The van der Waals surface area contributed by atoms with Crippen molar-refractivity contribution in [2.75, 3.05) is 13.2 Å². The molecule has 1 N–H and O–H groups in total. The Hall–Kier alpha value is -1.58. The second-order valence-electron chi connectivity index (χ2n) is 4.73. The number of hydrogen-bond acceptors (Lipinski definition) is 2. The maximum Gasteiger partial charge on any atom is 0.257 e. The molecule has 100 valence electrons. The van der Waals surface area contributed by atoms with Crippen molar-refractivity contribution < 1.29 is 13.9 Å². The summed E-state index contributed by atoms with van der Waals surface area (Å²) in [5, 5.41) is 2.77. The van der Waals surface area contributed by atoms with E-state index in [4.69, 9.17) is 4.74 Å². The predicted molar refractivity (Wildman–Crippen MR) is 69.1 cm³/mol. The van der Waals surface area contributed by atoms with Crippen molar-refractivity contribution in [2.45, 2.75) is 27.2 Å². The quantitative estimate of drug-likeness (QED) is 0.846. The van der Waals surface area contributed by atoms with Gasteiger partial charge in [-0.05, 0) is 43.0 Å². The topological polar surface area (TPSA) is 38.3 Å². The molecule has 1 aromatic rings. The molecule has 0 aromatic heterocycles. The van der Waals surface area contributed by atoms with Gasteiger partial charge in [0, 0.05) is 6.54 Å². The first-order valence-electron chi connectivity index (χ1n) is 6.14. The molecular weight excluding hydrogens is 233 g/mol. The number of aryl methyl sites for hydroxylation is 1. The molecule has 0 heterocycles. The minimum absolute atomic E-state index is 0.0385. The third-order valence-corrected chi connectivity index (χ3v) is 2.54. The first kappa shape index (κ1) is 14.5. The molecule has 0 saturated heterocycles. The summed E-state index contributed by atoms with van der Waals surface area (Å²) in [4.78, 5) is 11.4. The molecule has 0 atom stereocenters. The second-order valence-corrected chi connectivity index (χ2v) is 4.73. The molecular formula is C14H20FNO2. The zero-order valence-electron chi connectivity index (χ0n) is 11.1. The second kappa shape index (κ2) is 6.99. The fourth-order valence-corrected chi connectivity index (χ4v) is 1.41. The summed E-state index contributed by atoms with van der Waals surface area (Å²) in [6, 6.07) is 4.43. The number of amides is 1. The van der Waals surface area contributed by atoms with Crippen LogP contribution < -0.4 is 10.1 Å². The van der Waals surface area contributed by atoms with Crippen molar-refractivity contribution >= 4 is 5.91 Å². The van der Waals surface area contributed by atoms with Crippen molar-refractivity contribution in [3.8, 4) is 5.75 Å². The number of nitrogens with one attached hydrogen (secondary N) is 1. The van der Waals surface area contributed by atoms with E-state index in [-0.39, 0.29) is 18.3 Å². The van der Waals surface area contributed by atoms with Crippen molar-refractivity contribution in [3.63, 3.8) is 0 Å². The molecule has 3 nitrogen and oxygen atoms in total. The van der Waals surface area contributed by atoms with Gasteiger partial charge in [0.15, 0.2) is 6.61 Å². The summed E-state index contributed by atoms with van der Waals surface area (Å²) in [5.74, 6) is 0.639. The molecule has 0 saturated carbocycles. The van der Waals surface area contributed by atoms with Gasteiger partial charge in [-0.1, -0.05) is 13.8 Å². The number of ether oxygens (including phenoxy) is 1. The average molecular weight is 253 g/mol. The summed E-state index contributed by atoms with van der Waals surface area (Å²) >= 11 is 0. The Labute approximate surface area is 107 Å². The molecule has 18 heavy (non-hydrogen) atoms. The van der Waals surface area contributed by atoms with Crippen LogP contribution in [-0.2, 0) is 4.79 Å². The number of carbonyl (C=O) groups is 1. The number of halogens is 1. The lowest BCUT2D eigenvalue weighted by molar-refractivity contribution is -0.123. The number of rotatable bonds is 6. The van der Waals surface area contributed by atoms with Gasteiger partial charge >= 0.3 is 0 Å². The highest BCUT2D eigenvalue weighted by atomic mass is 19.1. The molecule has 0 spiro atoms. The van der Waals surface area contributed by atoms with Crippen LogP contribution in [0.5, 0.6) is 5.75 Å². The Morgan fingerprint density at radius 3 is 2.78 bits per heavy atom. The molecule has 1 aromatic carbocycles. The third-order valence-electron chi connectivity index (χ3n) is 2.54. The highest BCUT2D eigenvalue weighted by Gasteiger charge is 2.04. The maximum atomic E-state index is 13.0. The van der Waals surface area contributed by atoms with Crippen LogP contribution in [0.25, 0.3) is 0 Å². The first-order valence-corrected chi connectivity index (χ1v) is 6.14. The maximum absolute atomic E-state index is 13.0. The third kappa shape index (κ3) is 5.17. The lowest BCUT2D eigenvalue weighted by Crippen LogP contribution is -2.30. The smallest absolute Gasteiger partial charge is 0.257 e. The van der Waals surface area contributed by atoms with Crippen LogP contribution in [0.3, 0.4) is 0 Å². The van der Waals surface area contributed by atoms with Gasteiger partial charge < -0.3 is 10.1 Å². The van der Waals surface area contributed by atoms with Gasteiger partial charge in [-0.3, -0.25) is 4.79 Å². The molecule has 1 rings (SSSR count). The van der Waals surface area contributed by atoms with Crippen molar-refractivity contribution in [1.29, 1.82) is 0 Å². The van der Waals surface area contributed by atoms with E-state index in [0.717, 1.165) is 6.42 Å². The van der Waals surface area contributed by atoms with E-state index in [9.17, 15) is 9.18 Å². The normalized spacial score (nSPS) is 10.5. The van der Waals surface area contributed by atoms with Crippen molar-refractivity contribution in [2.24, 2.45) is 5.92 Å². The highest BCUT2D eigenvalue weighted by molar-refractivity contribution is 5.77. The van der Waals surface area contributed by atoms with Crippen LogP contribution in [0, 0.1) is 18.7 Å². The molecule has 0 aliphatic carbocycles. The Balaban J connectivity index is 2.31. The molecule has 0 aliphatic rings. The molecule has 0 radical (unpaired) electrons. The molecule has 0 aliphatic heterocycles. The monoisotopic (exact) mass is 253 g/mol. The first-order chi connectivity index (χ1) is 8.49. The average Bonchev–Trinajstić information content (AvgIpc) is 2.30. The molecule has 0 bridgehead atoms. The SMILES string of the molecule is Cc1cc(OCC(=O)NCCC(C)C)ccc1F. The van der Waals surface area contributed by atoms with Crippen LogP contribution >= 0.6 is 0 Å². The van der Waals surface area contributed by atoms with Gasteiger partial charge in [0.1, 0.15) is 11.6 Å². The van der Waals surface area contributed by atoms with Crippen LogP contribution in [0.4, 0.5) is 4.39 Å². The Kier molecular flexibility index (Phi) is 5.62. The van der Waals surface area contributed by atoms with Crippen molar-refractivity contribution in [3.05, 3.63) is 29.6 Å². The molecule has 4 heteroatoms. The lowest BCUT2D eigenvalue weighted by Gasteiger charge is -2.09. The molecule has 1 amide bonds. The molecule has 0 unspecified atom stereocenters. The fraction of sp³-hybridized carbons (Fsp3) is 0.500. The van der Waals surface area contributed by atoms with Crippen LogP contribution in [0.1, 0.15) is 25.8 Å². The summed E-state index contributed by atoms with van der Waals surface area (Å²) in [6.45, 7) is 6.48. The van der Waals surface area contributed by atoms with E-state index >= 15 is 0 Å². The molecule has 0 fully saturated rings. The summed E-state index contributed by atoms with van der Waals surface area (Å²) in [5.41, 5.74) is 0.507. The Bertz CT molecular complexity index is 405. The minimum atomic E-state index is -0.274. The Morgan fingerprint density at radius 1 is 1.44 bits per heavy atom. The van der Waals surface area contributed by atoms with E-state index in [1.165, 1.54) is 12.1 Å². The van der Waals surface area contributed by atoms with Gasteiger partial charge in [-0.15, -0.1) is 0 Å². The van der Waals surface area contributed by atoms with Gasteiger partial charge in [0.05, 0.1) is 0 Å². The van der Waals surface area contributed by atoms with E-state index < -0.39 is 0 Å². The predicted octanol–water partition coefficient (Wildman–Crippen LogP) is 2.68. The van der Waals surface area contributed by atoms with Crippen molar-refractivity contribution in [1.82, 2.24) is 5.32 Å². The Morgan fingerprint density at radius 2 is 2.17 bits per heavy atom. The highest BCUT2D eigenvalue weighted by Crippen LogP contribution is 2.15. The van der Waals surface area contributed by atoms with Crippen LogP contribution in [0.2, 0.25) is 0 Å². The fourth-order valence-electron chi connectivity index (χ4n) is 1.41. The number of carbonyl (C=O) groups excluding carboxylic acids is 1. The zero-order chi connectivity index (χ0) is 13.5.